The number of benzene rings is 2. The molecule has 4 nitrogen and oxygen atoms in total. The van der Waals surface area contributed by atoms with Crippen molar-refractivity contribution in [2.24, 2.45) is 10.7 Å². The average Bonchev–Trinajstić information content (AvgIpc) is 2.63. The maximum Gasteiger partial charge on any atom is 0.196 e. The Morgan fingerprint density at radius 2 is 1.76 bits per heavy atom. The van der Waals surface area contributed by atoms with Crippen LogP contribution < -0.4 is 10.5 Å². The molecule has 3 aromatic rings. The normalized spacial score (nSPS) is 11.3. The molecule has 25 heavy (non-hydrogen) atoms. The second-order valence-electron chi connectivity index (χ2n) is 5.47. The van der Waals surface area contributed by atoms with Gasteiger partial charge in [0.1, 0.15) is 12.4 Å². The summed E-state index contributed by atoms with van der Waals surface area (Å²) in [5, 5.41) is 0. The SMILES string of the molecule is N/C(Cc1ccccc1)=N/c1ncccc1OCc1ccccc1Br. The molecule has 0 saturated carbocycles. The van der Waals surface area contributed by atoms with Gasteiger partial charge in [-0.05, 0) is 23.8 Å². The highest BCUT2D eigenvalue weighted by Crippen LogP contribution is 2.26. The van der Waals surface area contributed by atoms with Crippen molar-refractivity contribution in [3.63, 3.8) is 0 Å². The molecule has 0 spiro atoms. The number of pyridine rings is 1. The number of ether oxygens (including phenoxy) is 1. The minimum absolute atomic E-state index is 0.425. The molecule has 0 unspecified atom stereocenters. The van der Waals surface area contributed by atoms with Crippen LogP contribution >= 0.6 is 15.9 Å². The molecule has 126 valence electrons. The minimum atomic E-state index is 0.425. The maximum atomic E-state index is 6.08. The van der Waals surface area contributed by atoms with Gasteiger partial charge >= 0.3 is 0 Å². The Bertz CT molecular complexity index is 866. The van der Waals surface area contributed by atoms with Gasteiger partial charge in [-0.3, -0.25) is 0 Å². The molecular formula is C20H18BrN3O. The minimum Gasteiger partial charge on any atom is -0.485 e. The quantitative estimate of drug-likeness (QED) is 0.487. The van der Waals surface area contributed by atoms with Gasteiger partial charge in [0, 0.05) is 22.7 Å². The smallest absolute Gasteiger partial charge is 0.196 e. The molecule has 0 aliphatic heterocycles. The molecule has 0 saturated heterocycles. The predicted octanol–water partition coefficient (Wildman–Crippen LogP) is 4.65. The van der Waals surface area contributed by atoms with Crippen molar-refractivity contribution in [1.82, 2.24) is 4.98 Å². The lowest BCUT2D eigenvalue weighted by Crippen LogP contribution is -2.14. The molecule has 3 rings (SSSR count). The number of hydrogen-bond donors (Lipinski definition) is 1. The Kier molecular flexibility index (Phi) is 5.80. The molecule has 2 N–H and O–H groups in total. The summed E-state index contributed by atoms with van der Waals surface area (Å²) >= 11 is 3.52. The van der Waals surface area contributed by atoms with E-state index in [0.29, 0.717) is 30.4 Å². The van der Waals surface area contributed by atoms with Crippen molar-refractivity contribution in [1.29, 1.82) is 0 Å². The van der Waals surface area contributed by atoms with E-state index in [1.165, 1.54) is 0 Å². The number of rotatable bonds is 6. The first-order chi connectivity index (χ1) is 12.2. The Morgan fingerprint density at radius 3 is 2.56 bits per heavy atom. The Labute approximate surface area is 155 Å². The van der Waals surface area contributed by atoms with Crippen LogP contribution in [0.5, 0.6) is 5.75 Å². The summed E-state index contributed by atoms with van der Waals surface area (Å²) < 4.78 is 6.91. The van der Waals surface area contributed by atoms with Crippen LogP contribution in [-0.4, -0.2) is 10.8 Å². The predicted molar refractivity (Wildman–Crippen MR) is 104 cm³/mol. The molecule has 5 heteroatoms. The zero-order chi connectivity index (χ0) is 17.5. The molecule has 0 aliphatic carbocycles. The second-order valence-corrected chi connectivity index (χ2v) is 6.33. The van der Waals surface area contributed by atoms with E-state index in [-0.39, 0.29) is 0 Å². The van der Waals surface area contributed by atoms with E-state index in [4.69, 9.17) is 10.5 Å². The van der Waals surface area contributed by atoms with Gasteiger partial charge in [0.25, 0.3) is 0 Å². The van der Waals surface area contributed by atoms with Crippen LogP contribution in [0.25, 0.3) is 0 Å². The molecule has 1 heterocycles. The van der Waals surface area contributed by atoms with E-state index in [9.17, 15) is 0 Å². The van der Waals surface area contributed by atoms with E-state index in [1.807, 2.05) is 66.7 Å². The highest BCUT2D eigenvalue weighted by atomic mass is 79.9. The first-order valence-electron chi connectivity index (χ1n) is 7.90. The van der Waals surface area contributed by atoms with Crippen molar-refractivity contribution in [2.75, 3.05) is 0 Å². The molecule has 2 aromatic carbocycles. The van der Waals surface area contributed by atoms with E-state index >= 15 is 0 Å². The first kappa shape index (κ1) is 17.2. The standard InChI is InChI=1S/C20H18BrN3O/c21-17-10-5-4-9-16(17)14-25-18-11-6-12-23-20(18)24-19(22)13-15-7-2-1-3-8-15/h1-12H,13-14H2,(H2,22,23,24). The molecule has 0 atom stereocenters. The highest BCUT2D eigenvalue weighted by Gasteiger charge is 2.07. The largest absolute Gasteiger partial charge is 0.485 e. The van der Waals surface area contributed by atoms with Crippen LogP contribution in [0.2, 0.25) is 0 Å². The number of halogens is 1. The third kappa shape index (κ3) is 4.90. The molecule has 0 amide bonds. The van der Waals surface area contributed by atoms with Crippen LogP contribution in [0.3, 0.4) is 0 Å². The molecule has 0 aliphatic rings. The van der Waals surface area contributed by atoms with Gasteiger partial charge in [-0.2, -0.15) is 0 Å². The zero-order valence-corrected chi connectivity index (χ0v) is 15.2. The van der Waals surface area contributed by atoms with Crippen LogP contribution in [0.15, 0.2) is 82.4 Å². The molecule has 0 fully saturated rings. The molecular weight excluding hydrogens is 378 g/mol. The lowest BCUT2D eigenvalue weighted by atomic mass is 10.1. The van der Waals surface area contributed by atoms with E-state index in [1.54, 1.807) is 6.20 Å². The van der Waals surface area contributed by atoms with Gasteiger partial charge in [0.2, 0.25) is 0 Å². The molecule has 0 bridgehead atoms. The van der Waals surface area contributed by atoms with Crippen molar-refractivity contribution in [3.8, 4) is 5.75 Å². The van der Waals surface area contributed by atoms with Crippen molar-refractivity contribution < 1.29 is 4.74 Å². The highest BCUT2D eigenvalue weighted by molar-refractivity contribution is 9.10. The summed E-state index contributed by atoms with van der Waals surface area (Å²) in [5.41, 5.74) is 8.25. The van der Waals surface area contributed by atoms with Crippen LogP contribution in [0, 0.1) is 0 Å². The van der Waals surface area contributed by atoms with Crippen molar-refractivity contribution in [2.45, 2.75) is 13.0 Å². The fourth-order valence-electron chi connectivity index (χ4n) is 2.33. The van der Waals surface area contributed by atoms with Gasteiger partial charge in [-0.1, -0.05) is 64.5 Å². The van der Waals surface area contributed by atoms with Crippen LogP contribution in [0.4, 0.5) is 5.82 Å². The van der Waals surface area contributed by atoms with Gasteiger partial charge in [0.15, 0.2) is 11.6 Å². The fourth-order valence-corrected chi connectivity index (χ4v) is 2.73. The number of nitrogens with two attached hydrogens (primary N) is 1. The topological polar surface area (TPSA) is 60.5 Å². The lowest BCUT2D eigenvalue weighted by Gasteiger charge is -2.10. The monoisotopic (exact) mass is 395 g/mol. The van der Waals surface area contributed by atoms with Crippen molar-refractivity contribution >= 4 is 27.6 Å². The maximum absolute atomic E-state index is 6.08. The first-order valence-corrected chi connectivity index (χ1v) is 8.70. The van der Waals surface area contributed by atoms with Gasteiger partial charge < -0.3 is 10.5 Å². The van der Waals surface area contributed by atoms with Gasteiger partial charge in [-0.15, -0.1) is 0 Å². The number of nitrogens with zero attached hydrogens (tertiary/aromatic N) is 2. The lowest BCUT2D eigenvalue weighted by molar-refractivity contribution is 0.305. The van der Waals surface area contributed by atoms with E-state index < -0.39 is 0 Å². The summed E-state index contributed by atoms with van der Waals surface area (Å²) in [6.45, 7) is 0.425. The fraction of sp³-hybridized carbons (Fsp3) is 0.100. The van der Waals surface area contributed by atoms with E-state index in [2.05, 4.69) is 25.9 Å². The second kappa shape index (κ2) is 8.44. The molecule has 0 radical (unpaired) electrons. The third-order valence-corrected chi connectivity index (χ3v) is 4.34. The van der Waals surface area contributed by atoms with Gasteiger partial charge in [0.05, 0.1) is 0 Å². The summed E-state index contributed by atoms with van der Waals surface area (Å²) in [7, 11) is 0. The van der Waals surface area contributed by atoms with Crippen LogP contribution in [0.1, 0.15) is 11.1 Å². The van der Waals surface area contributed by atoms with Gasteiger partial charge in [-0.25, -0.2) is 9.98 Å². The third-order valence-electron chi connectivity index (χ3n) is 3.57. The Hall–Kier alpha value is -2.66. The average molecular weight is 396 g/mol. The summed E-state index contributed by atoms with van der Waals surface area (Å²) in [6.07, 6.45) is 2.25. The summed E-state index contributed by atoms with van der Waals surface area (Å²) in [5.74, 6) is 1.59. The number of amidine groups is 1. The Balaban J connectivity index is 1.74. The summed E-state index contributed by atoms with van der Waals surface area (Å²) in [4.78, 5) is 8.73. The van der Waals surface area contributed by atoms with E-state index in [0.717, 1.165) is 15.6 Å². The zero-order valence-electron chi connectivity index (χ0n) is 13.6. The Morgan fingerprint density at radius 1 is 1.00 bits per heavy atom. The van der Waals surface area contributed by atoms with Crippen molar-refractivity contribution in [3.05, 3.63) is 88.5 Å². The summed E-state index contributed by atoms with van der Waals surface area (Å²) in [6, 6.07) is 21.6. The van der Waals surface area contributed by atoms with Crippen LogP contribution in [-0.2, 0) is 13.0 Å². The number of aliphatic imine (C=N–C) groups is 1. The number of hydrogen-bond acceptors (Lipinski definition) is 3. The number of aromatic nitrogens is 1. The molecule has 1 aromatic heterocycles.